The lowest BCUT2D eigenvalue weighted by atomic mass is 10.1. The third-order valence-corrected chi connectivity index (χ3v) is 5.35. The van der Waals surface area contributed by atoms with Crippen molar-refractivity contribution in [2.75, 3.05) is 0 Å². The molecule has 0 radical (unpaired) electrons. The lowest BCUT2D eigenvalue weighted by Crippen LogP contribution is -2.00. The Balaban J connectivity index is 1.64. The second-order valence-electron chi connectivity index (χ2n) is 7.66. The van der Waals surface area contributed by atoms with Crippen molar-refractivity contribution in [1.82, 2.24) is 19.4 Å². The summed E-state index contributed by atoms with van der Waals surface area (Å²) in [6.45, 7) is 1.96. The number of benzene rings is 2. The van der Waals surface area contributed by atoms with Crippen molar-refractivity contribution in [3.63, 3.8) is 0 Å². The Kier molecular flexibility index (Phi) is 4.92. The number of imidazole rings is 1. The van der Waals surface area contributed by atoms with Crippen molar-refractivity contribution in [2.45, 2.75) is 19.8 Å². The van der Waals surface area contributed by atoms with Crippen LogP contribution in [0, 0.1) is 6.92 Å². The van der Waals surface area contributed by atoms with Crippen LogP contribution in [0.2, 0.25) is 0 Å². The fraction of sp³-hybridized carbons (Fsp3) is 0.115. The molecular formula is C26H22N4O. The number of aromatic nitrogens is 4. The van der Waals surface area contributed by atoms with E-state index < -0.39 is 0 Å². The third kappa shape index (κ3) is 3.90. The summed E-state index contributed by atoms with van der Waals surface area (Å²) in [7, 11) is 0. The molecule has 1 N–H and O–H groups in total. The number of rotatable bonds is 5. The van der Waals surface area contributed by atoms with Gasteiger partial charge in [-0.2, -0.15) is 0 Å². The predicted molar refractivity (Wildman–Crippen MR) is 121 cm³/mol. The molecule has 3 heterocycles. The van der Waals surface area contributed by atoms with E-state index in [1.54, 1.807) is 4.40 Å². The van der Waals surface area contributed by atoms with Gasteiger partial charge in [0, 0.05) is 36.5 Å². The summed E-state index contributed by atoms with van der Waals surface area (Å²) in [6.07, 6.45) is 4.83. The van der Waals surface area contributed by atoms with Crippen molar-refractivity contribution < 1.29 is 5.11 Å². The Morgan fingerprint density at radius 2 is 1.48 bits per heavy atom. The number of hydrogen-bond donors (Lipinski definition) is 1. The molecule has 152 valence electrons. The van der Waals surface area contributed by atoms with Gasteiger partial charge in [0.05, 0.1) is 11.4 Å². The fourth-order valence-corrected chi connectivity index (χ4v) is 3.71. The summed E-state index contributed by atoms with van der Waals surface area (Å²) in [5, 5.41) is 11.0. The summed E-state index contributed by atoms with van der Waals surface area (Å²) in [6, 6.07) is 24.2. The number of fused-ring (bicyclic) bond motifs is 1. The minimum Gasteiger partial charge on any atom is -0.493 e. The first-order chi connectivity index (χ1) is 15.2. The smallest absolute Gasteiger partial charge is 0.219 e. The highest BCUT2D eigenvalue weighted by Gasteiger charge is 2.18. The van der Waals surface area contributed by atoms with Crippen LogP contribution in [0.5, 0.6) is 5.88 Å². The molecule has 31 heavy (non-hydrogen) atoms. The Hall–Kier alpha value is -3.99. The first kappa shape index (κ1) is 19.0. The molecule has 0 aliphatic rings. The number of aromatic hydroxyl groups is 1. The second kappa shape index (κ2) is 8.03. The van der Waals surface area contributed by atoms with Gasteiger partial charge in [-0.05, 0) is 24.1 Å². The van der Waals surface area contributed by atoms with Gasteiger partial charge in [-0.3, -0.25) is 9.38 Å². The molecule has 5 nitrogen and oxygen atoms in total. The van der Waals surface area contributed by atoms with Crippen LogP contribution in [0.4, 0.5) is 0 Å². The maximum Gasteiger partial charge on any atom is 0.219 e. The normalized spacial score (nSPS) is 11.1. The topological polar surface area (TPSA) is 63.3 Å². The zero-order valence-corrected chi connectivity index (χ0v) is 17.2. The summed E-state index contributed by atoms with van der Waals surface area (Å²) >= 11 is 0. The summed E-state index contributed by atoms with van der Waals surface area (Å²) in [4.78, 5) is 14.1. The molecule has 3 aromatic heterocycles. The van der Waals surface area contributed by atoms with Gasteiger partial charge in [-0.25, -0.2) is 9.97 Å². The van der Waals surface area contributed by atoms with E-state index in [1.807, 2.05) is 80.0 Å². The van der Waals surface area contributed by atoms with Crippen LogP contribution in [0.25, 0.3) is 16.9 Å². The van der Waals surface area contributed by atoms with E-state index in [-0.39, 0.29) is 5.88 Å². The van der Waals surface area contributed by atoms with E-state index in [9.17, 15) is 5.11 Å². The van der Waals surface area contributed by atoms with Crippen LogP contribution < -0.4 is 0 Å². The van der Waals surface area contributed by atoms with Gasteiger partial charge in [0.15, 0.2) is 5.65 Å². The highest BCUT2D eigenvalue weighted by atomic mass is 16.3. The molecule has 0 spiro atoms. The van der Waals surface area contributed by atoms with Gasteiger partial charge >= 0.3 is 0 Å². The Morgan fingerprint density at radius 3 is 2.19 bits per heavy atom. The minimum absolute atomic E-state index is 0.143. The lowest BCUT2D eigenvalue weighted by molar-refractivity contribution is 0.442. The molecule has 0 bridgehead atoms. The maximum atomic E-state index is 11.0. The number of aryl methyl sites for hydroxylation is 1. The van der Waals surface area contributed by atoms with Crippen molar-refractivity contribution in [3.8, 4) is 17.1 Å². The largest absolute Gasteiger partial charge is 0.493 e. The van der Waals surface area contributed by atoms with E-state index in [0.29, 0.717) is 24.2 Å². The first-order valence-corrected chi connectivity index (χ1v) is 10.3. The van der Waals surface area contributed by atoms with E-state index in [4.69, 9.17) is 9.97 Å². The third-order valence-electron chi connectivity index (χ3n) is 5.35. The van der Waals surface area contributed by atoms with Gasteiger partial charge in [0.2, 0.25) is 5.88 Å². The standard InChI is InChI=1S/C26H22N4O/c1-18-12-13-20(16-27-18)15-23-26(31)30-17-24(21-10-6-3-7-11-21)28-22(25(30)29-23)14-19-8-4-2-5-9-19/h2-13,16-17,31H,14-15H2,1H3. The van der Waals surface area contributed by atoms with E-state index in [0.717, 1.165) is 33.8 Å². The zero-order valence-electron chi connectivity index (χ0n) is 17.2. The average molecular weight is 406 g/mol. The van der Waals surface area contributed by atoms with E-state index in [1.165, 1.54) is 0 Å². The predicted octanol–water partition coefficient (Wildman–Crippen LogP) is 4.99. The van der Waals surface area contributed by atoms with Gasteiger partial charge in [-0.1, -0.05) is 66.7 Å². The number of nitrogens with zero attached hydrogens (tertiary/aromatic N) is 4. The Morgan fingerprint density at radius 1 is 0.774 bits per heavy atom. The molecular weight excluding hydrogens is 384 g/mol. The maximum absolute atomic E-state index is 11.0. The molecule has 0 aliphatic carbocycles. The quantitative estimate of drug-likeness (QED) is 0.447. The Bertz CT molecular complexity index is 1330. The SMILES string of the molecule is Cc1ccc(Cc2nc3c(Cc4ccccc4)nc(-c4ccccc4)cn3c2O)cn1. The van der Waals surface area contributed by atoms with Gasteiger partial charge < -0.3 is 5.11 Å². The molecule has 0 saturated heterocycles. The zero-order chi connectivity index (χ0) is 21.2. The van der Waals surface area contributed by atoms with E-state index >= 15 is 0 Å². The monoisotopic (exact) mass is 406 g/mol. The molecule has 0 amide bonds. The molecule has 5 aromatic rings. The highest BCUT2D eigenvalue weighted by molar-refractivity contribution is 5.63. The van der Waals surface area contributed by atoms with Crippen LogP contribution in [0.3, 0.4) is 0 Å². The molecule has 0 fully saturated rings. The van der Waals surface area contributed by atoms with Gasteiger partial charge in [0.25, 0.3) is 0 Å². The second-order valence-corrected chi connectivity index (χ2v) is 7.66. The van der Waals surface area contributed by atoms with Gasteiger partial charge in [0.1, 0.15) is 5.69 Å². The number of hydrogen-bond acceptors (Lipinski definition) is 4. The van der Waals surface area contributed by atoms with E-state index in [2.05, 4.69) is 17.1 Å². The fourth-order valence-electron chi connectivity index (χ4n) is 3.71. The number of pyridine rings is 1. The minimum atomic E-state index is 0.143. The molecule has 5 rings (SSSR count). The van der Waals surface area contributed by atoms with Crippen LogP contribution in [-0.2, 0) is 12.8 Å². The molecule has 5 heteroatoms. The first-order valence-electron chi connectivity index (χ1n) is 10.3. The molecule has 0 unspecified atom stereocenters. The summed E-state index contributed by atoms with van der Waals surface area (Å²) < 4.78 is 1.75. The van der Waals surface area contributed by atoms with Crippen molar-refractivity contribution in [1.29, 1.82) is 0 Å². The molecule has 0 saturated carbocycles. The van der Waals surface area contributed by atoms with Crippen LogP contribution in [0.15, 0.2) is 85.2 Å². The summed E-state index contributed by atoms with van der Waals surface area (Å²) in [5.74, 6) is 0.143. The van der Waals surface area contributed by atoms with Crippen LogP contribution >= 0.6 is 0 Å². The summed E-state index contributed by atoms with van der Waals surface area (Å²) in [5.41, 5.74) is 7.04. The van der Waals surface area contributed by atoms with Gasteiger partial charge in [-0.15, -0.1) is 0 Å². The highest BCUT2D eigenvalue weighted by Crippen LogP contribution is 2.28. The molecule has 0 atom stereocenters. The molecule has 0 aliphatic heterocycles. The van der Waals surface area contributed by atoms with Crippen molar-refractivity contribution in [2.24, 2.45) is 0 Å². The molecule has 2 aromatic carbocycles. The Labute approximate surface area is 180 Å². The van der Waals surface area contributed by atoms with Crippen molar-refractivity contribution in [3.05, 3.63) is 113 Å². The van der Waals surface area contributed by atoms with Crippen LogP contribution in [-0.4, -0.2) is 24.5 Å². The lowest BCUT2D eigenvalue weighted by Gasteiger charge is -2.08. The average Bonchev–Trinajstić information content (AvgIpc) is 3.12. The van der Waals surface area contributed by atoms with Crippen molar-refractivity contribution >= 4 is 5.65 Å². The van der Waals surface area contributed by atoms with Crippen LogP contribution in [0.1, 0.15) is 28.2 Å².